The summed E-state index contributed by atoms with van der Waals surface area (Å²) in [6, 6.07) is 21.3. The summed E-state index contributed by atoms with van der Waals surface area (Å²) < 4.78 is 7.49. The molecule has 158 valence electrons. The van der Waals surface area contributed by atoms with Gasteiger partial charge in [-0.3, -0.25) is 9.36 Å². The van der Waals surface area contributed by atoms with Gasteiger partial charge in [0.1, 0.15) is 5.76 Å². The first-order chi connectivity index (χ1) is 15.1. The smallest absolute Gasteiger partial charge is 0.234 e. The summed E-state index contributed by atoms with van der Waals surface area (Å²) in [6.45, 7) is 0.486. The lowest BCUT2D eigenvalue weighted by Crippen LogP contribution is -2.15. The third-order valence-corrected chi connectivity index (χ3v) is 5.61. The standard InChI is InChI=1S/C23H23N5O2S/c1-27(2)19-12-10-18(11-13-19)24-21(29)16-31-23-26-25-22(17-7-4-3-5-8-17)28(23)15-20-9-6-14-30-20/h3-14H,15-16H2,1-2H3,(H,24,29). The van der Waals surface area contributed by atoms with Crippen LogP contribution in [0.25, 0.3) is 11.4 Å². The van der Waals surface area contributed by atoms with Crippen LogP contribution in [-0.4, -0.2) is 40.5 Å². The monoisotopic (exact) mass is 433 g/mol. The van der Waals surface area contributed by atoms with Crippen molar-refractivity contribution in [3.05, 3.63) is 78.8 Å². The van der Waals surface area contributed by atoms with Gasteiger partial charge in [-0.25, -0.2) is 0 Å². The van der Waals surface area contributed by atoms with E-state index in [2.05, 4.69) is 15.5 Å². The molecule has 0 unspecified atom stereocenters. The van der Waals surface area contributed by atoms with Crippen LogP contribution in [0.5, 0.6) is 0 Å². The third kappa shape index (κ3) is 5.16. The molecule has 7 nitrogen and oxygen atoms in total. The van der Waals surface area contributed by atoms with Crippen LogP contribution in [0, 0.1) is 0 Å². The third-order valence-electron chi connectivity index (χ3n) is 4.64. The molecule has 4 aromatic rings. The molecule has 0 atom stereocenters. The number of carbonyl (C=O) groups excluding carboxylic acids is 1. The second-order valence-corrected chi connectivity index (χ2v) is 8.06. The number of amides is 1. The van der Waals surface area contributed by atoms with E-state index in [4.69, 9.17) is 4.42 Å². The van der Waals surface area contributed by atoms with E-state index in [1.807, 2.05) is 90.3 Å². The SMILES string of the molecule is CN(C)c1ccc(NC(=O)CSc2nnc(-c3ccccc3)n2Cc2ccco2)cc1. The predicted molar refractivity (Wildman–Crippen MR) is 123 cm³/mol. The van der Waals surface area contributed by atoms with Gasteiger partial charge in [0.05, 0.1) is 18.6 Å². The molecule has 4 rings (SSSR count). The molecule has 0 spiro atoms. The van der Waals surface area contributed by atoms with E-state index >= 15 is 0 Å². The Morgan fingerprint density at radius 3 is 2.48 bits per heavy atom. The van der Waals surface area contributed by atoms with E-state index in [-0.39, 0.29) is 11.7 Å². The van der Waals surface area contributed by atoms with Crippen molar-refractivity contribution in [2.24, 2.45) is 0 Å². The Hall–Kier alpha value is -3.52. The van der Waals surface area contributed by atoms with Crippen molar-refractivity contribution in [1.29, 1.82) is 0 Å². The van der Waals surface area contributed by atoms with Crippen LogP contribution < -0.4 is 10.2 Å². The van der Waals surface area contributed by atoms with Gasteiger partial charge in [0.25, 0.3) is 0 Å². The number of aromatic nitrogens is 3. The van der Waals surface area contributed by atoms with Gasteiger partial charge >= 0.3 is 0 Å². The zero-order chi connectivity index (χ0) is 21.6. The molecule has 31 heavy (non-hydrogen) atoms. The lowest BCUT2D eigenvalue weighted by Gasteiger charge is -2.13. The van der Waals surface area contributed by atoms with Crippen LogP contribution in [0.4, 0.5) is 11.4 Å². The van der Waals surface area contributed by atoms with E-state index in [1.54, 1.807) is 6.26 Å². The maximum Gasteiger partial charge on any atom is 0.234 e. The van der Waals surface area contributed by atoms with Crippen LogP contribution in [0.15, 0.2) is 82.6 Å². The summed E-state index contributed by atoms with van der Waals surface area (Å²) in [7, 11) is 3.96. The van der Waals surface area contributed by atoms with E-state index in [0.29, 0.717) is 11.7 Å². The zero-order valence-corrected chi connectivity index (χ0v) is 18.2. The van der Waals surface area contributed by atoms with E-state index in [9.17, 15) is 4.79 Å². The second kappa shape index (κ2) is 9.53. The summed E-state index contributed by atoms with van der Waals surface area (Å²) in [4.78, 5) is 14.5. The normalized spacial score (nSPS) is 10.8. The molecular formula is C23H23N5O2S. The Kier molecular flexibility index (Phi) is 6.37. The van der Waals surface area contributed by atoms with Gasteiger partial charge < -0.3 is 14.6 Å². The first-order valence-electron chi connectivity index (χ1n) is 9.81. The first-order valence-corrected chi connectivity index (χ1v) is 10.8. The lowest BCUT2D eigenvalue weighted by molar-refractivity contribution is -0.113. The fourth-order valence-electron chi connectivity index (χ4n) is 3.07. The largest absolute Gasteiger partial charge is 0.467 e. The molecule has 1 amide bonds. The molecule has 0 saturated carbocycles. The first kappa shape index (κ1) is 20.7. The molecule has 2 aromatic carbocycles. The highest BCUT2D eigenvalue weighted by Crippen LogP contribution is 2.25. The summed E-state index contributed by atoms with van der Waals surface area (Å²) >= 11 is 1.35. The number of thioether (sulfide) groups is 1. The maximum absolute atomic E-state index is 12.5. The number of hydrogen-bond acceptors (Lipinski definition) is 6. The van der Waals surface area contributed by atoms with Gasteiger partial charge in [0.15, 0.2) is 11.0 Å². The Balaban J connectivity index is 1.47. The van der Waals surface area contributed by atoms with Crippen LogP contribution in [-0.2, 0) is 11.3 Å². The summed E-state index contributed by atoms with van der Waals surface area (Å²) in [5.41, 5.74) is 2.80. The number of nitrogens with zero attached hydrogens (tertiary/aromatic N) is 4. The molecule has 0 radical (unpaired) electrons. The van der Waals surface area contributed by atoms with Gasteiger partial charge in [0.2, 0.25) is 5.91 Å². The van der Waals surface area contributed by atoms with Gasteiger partial charge in [-0.2, -0.15) is 0 Å². The maximum atomic E-state index is 12.5. The Labute approximate surface area is 185 Å². The predicted octanol–water partition coefficient (Wildman–Crippen LogP) is 4.38. The molecule has 0 aliphatic carbocycles. The Morgan fingerprint density at radius 2 is 1.81 bits per heavy atom. The Morgan fingerprint density at radius 1 is 1.03 bits per heavy atom. The topological polar surface area (TPSA) is 76.2 Å². The average Bonchev–Trinajstić information content (AvgIpc) is 3.44. The van der Waals surface area contributed by atoms with Crippen molar-refractivity contribution in [2.45, 2.75) is 11.7 Å². The molecular weight excluding hydrogens is 410 g/mol. The van der Waals surface area contributed by atoms with Gasteiger partial charge in [-0.05, 0) is 36.4 Å². The van der Waals surface area contributed by atoms with Crippen molar-refractivity contribution >= 4 is 29.0 Å². The fraction of sp³-hybridized carbons (Fsp3) is 0.174. The molecule has 2 aromatic heterocycles. The summed E-state index contributed by atoms with van der Waals surface area (Å²) in [5, 5.41) is 12.3. The summed E-state index contributed by atoms with van der Waals surface area (Å²) in [6.07, 6.45) is 1.64. The fourth-order valence-corrected chi connectivity index (χ4v) is 3.81. The number of benzene rings is 2. The number of anilines is 2. The molecule has 0 saturated heterocycles. The van der Waals surface area contributed by atoms with Crippen molar-refractivity contribution in [2.75, 3.05) is 30.1 Å². The van der Waals surface area contributed by atoms with Gasteiger partial charge in [-0.1, -0.05) is 42.1 Å². The molecule has 2 heterocycles. The van der Waals surface area contributed by atoms with Crippen molar-refractivity contribution in [1.82, 2.24) is 14.8 Å². The highest BCUT2D eigenvalue weighted by atomic mass is 32.2. The molecule has 0 bridgehead atoms. The average molecular weight is 434 g/mol. The number of rotatable bonds is 8. The van der Waals surface area contributed by atoms with Gasteiger partial charge in [-0.15, -0.1) is 10.2 Å². The minimum atomic E-state index is -0.101. The zero-order valence-electron chi connectivity index (χ0n) is 17.4. The van der Waals surface area contributed by atoms with Crippen LogP contribution >= 0.6 is 11.8 Å². The number of carbonyl (C=O) groups is 1. The number of hydrogen-bond donors (Lipinski definition) is 1. The van der Waals surface area contributed by atoms with Crippen LogP contribution in [0.1, 0.15) is 5.76 Å². The molecule has 0 aliphatic rings. The number of furan rings is 1. The highest BCUT2D eigenvalue weighted by Gasteiger charge is 2.17. The van der Waals surface area contributed by atoms with Gasteiger partial charge in [0, 0.05) is 31.0 Å². The summed E-state index contributed by atoms with van der Waals surface area (Å²) in [5.74, 6) is 1.65. The molecule has 0 aliphatic heterocycles. The molecule has 8 heteroatoms. The van der Waals surface area contributed by atoms with Crippen molar-refractivity contribution in [3.8, 4) is 11.4 Å². The quantitative estimate of drug-likeness (QED) is 0.416. The van der Waals surface area contributed by atoms with Crippen molar-refractivity contribution < 1.29 is 9.21 Å². The van der Waals surface area contributed by atoms with Crippen LogP contribution in [0.2, 0.25) is 0 Å². The molecule has 1 N–H and O–H groups in total. The van der Waals surface area contributed by atoms with E-state index < -0.39 is 0 Å². The minimum absolute atomic E-state index is 0.101. The van der Waals surface area contributed by atoms with Crippen LogP contribution in [0.3, 0.4) is 0 Å². The Bertz CT molecular complexity index is 1120. The second-order valence-electron chi connectivity index (χ2n) is 7.12. The number of nitrogens with one attached hydrogen (secondary N) is 1. The van der Waals surface area contributed by atoms with E-state index in [1.165, 1.54) is 11.8 Å². The highest BCUT2D eigenvalue weighted by molar-refractivity contribution is 7.99. The minimum Gasteiger partial charge on any atom is -0.467 e. The van der Waals surface area contributed by atoms with E-state index in [0.717, 1.165) is 28.5 Å². The van der Waals surface area contributed by atoms with Crippen molar-refractivity contribution in [3.63, 3.8) is 0 Å². The molecule has 0 fully saturated rings. The lowest BCUT2D eigenvalue weighted by atomic mass is 10.2.